The Morgan fingerprint density at radius 2 is 1.75 bits per heavy atom. The van der Waals surface area contributed by atoms with Gasteiger partial charge in [-0.25, -0.2) is 0 Å². The molecule has 1 aromatic rings. The average Bonchev–Trinajstić information content (AvgIpc) is 2.59. The van der Waals surface area contributed by atoms with Crippen molar-refractivity contribution in [2.24, 2.45) is 11.8 Å². The second kappa shape index (κ2) is 9.65. The van der Waals surface area contributed by atoms with E-state index >= 15 is 0 Å². The van der Waals surface area contributed by atoms with Crippen LogP contribution in [0.2, 0.25) is 14.8 Å². The van der Waals surface area contributed by atoms with Crippen molar-refractivity contribution >= 4 is 24.3 Å². The van der Waals surface area contributed by atoms with Crippen LogP contribution in [0.4, 0.5) is 0 Å². The van der Waals surface area contributed by atoms with Crippen LogP contribution in [-0.2, 0) is 14.9 Å². The fourth-order valence-electron chi connectivity index (χ4n) is 4.49. The summed E-state index contributed by atoms with van der Waals surface area (Å²) in [6.07, 6.45) is 6.77. The summed E-state index contributed by atoms with van der Waals surface area (Å²) in [6.45, 7) is 8.94. The van der Waals surface area contributed by atoms with Gasteiger partial charge in [0.15, 0.2) is 0 Å². The molecule has 3 heteroatoms. The summed E-state index contributed by atoms with van der Waals surface area (Å²) >= 11 is -1.99. The van der Waals surface area contributed by atoms with Crippen LogP contribution < -0.4 is 0 Å². The zero-order valence-electron chi connectivity index (χ0n) is 18.8. The van der Waals surface area contributed by atoms with Crippen molar-refractivity contribution in [1.82, 2.24) is 0 Å². The van der Waals surface area contributed by atoms with Gasteiger partial charge >= 0.3 is 171 Å². The van der Waals surface area contributed by atoms with Crippen molar-refractivity contribution < 1.29 is 9.53 Å². The van der Waals surface area contributed by atoms with E-state index in [1.165, 1.54) is 17.6 Å². The van der Waals surface area contributed by atoms with Crippen molar-refractivity contribution in [2.75, 3.05) is 0 Å². The normalized spacial score (nSPS) is 24.4. The number of esters is 1. The predicted octanol–water partition coefficient (Wildman–Crippen LogP) is 6.69. The zero-order chi connectivity index (χ0) is 20.9. The van der Waals surface area contributed by atoms with Gasteiger partial charge in [-0.15, -0.1) is 0 Å². The molecular formula is C25H38O2Sn. The summed E-state index contributed by atoms with van der Waals surface area (Å²) in [7, 11) is 0. The van der Waals surface area contributed by atoms with Crippen LogP contribution in [-0.4, -0.2) is 30.5 Å². The summed E-state index contributed by atoms with van der Waals surface area (Å²) in [5, 5.41) is 0. The maximum atomic E-state index is 12.6. The van der Waals surface area contributed by atoms with Crippen molar-refractivity contribution in [3.63, 3.8) is 0 Å². The van der Waals surface area contributed by atoms with Gasteiger partial charge in [0.1, 0.15) is 0 Å². The predicted molar refractivity (Wildman–Crippen MR) is 122 cm³/mol. The number of ether oxygens (including phenoxy) is 1. The number of hydrogen-bond acceptors (Lipinski definition) is 2. The molecule has 0 aromatic heterocycles. The van der Waals surface area contributed by atoms with Crippen LogP contribution in [0, 0.1) is 11.8 Å². The van der Waals surface area contributed by atoms with E-state index in [-0.39, 0.29) is 17.5 Å². The molecule has 0 bridgehead atoms. The molecule has 0 N–H and O–H groups in total. The van der Waals surface area contributed by atoms with Crippen molar-refractivity contribution in [3.05, 3.63) is 57.7 Å². The first kappa shape index (κ1) is 23.2. The van der Waals surface area contributed by atoms with Gasteiger partial charge in [0.2, 0.25) is 0 Å². The van der Waals surface area contributed by atoms with Crippen molar-refractivity contribution in [1.29, 1.82) is 0 Å². The fraction of sp³-hybridized carbons (Fsp3) is 0.560. The van der Waals surface area contributed by atoms with Crippen molar-refractivity contribution in [3.8, 4) is 0 Å². The first-order valence-corrected chi connectivity index (χ1v) is 20.8. The second-order valence-electron chi connectivity index (χ2n) is 10.2. The Morgan fingerprint density at radius 1 is 1.11 bits per heavy atom. The van der Waals surface area contributed by atoms with Crippen LogP contribution in [0.3, 0.4) is 0 Å². The van der Waals surface area contributed by atoms with E-state index in [0.717, 1.165) is 12.8 Å². The molecule has 1 aromatic carbocycles. The number of carbonyl (C=O) groups is 1. The van der Waals surface area contributed by atoms with E-state index in [4.69, 9.17) is 4.74 Å². The molecule has 154 valence electrons. The van der Waals surface area contributed by atoms with E-state index < -0.39 is 18.4 Å². The molecule has 0 saturated heterocycles. The molecule has 1 aliphatic carbocycles. The zero-order valence-corrected chi connectivity index (χ0v) is 21.6. The SMILES string of the molecule is CC(=[CH]/[Sn]([CH3])([CH3])[CH3])/C=C/C(=O)O[C@@H]1C[C@H](C)CC[C@H]1C(C)(C)c1ccccc1. The minimum absolute atomic E-state index is 0.0212. The molecular weight excluding hydrogens is 451 g/mol. The van der Waals surface area contributed by atoms with E-state index in [1.54, 1.807) is 6.08 Å². The van der Waals surface area contributed by atoms with Gasteiger partial charge in [-0.05, 0) is 0 Å². The van der Waals surface area contributed by atoms with Gasteiger partial charge in [0.25, 0.3) is 0 Å². The second-order valence-corrected chi connectivity index (χ2v) is 24.5. The third-order valence-electron chi connectivity index (χ3n) is 5.91. The molecule has 0 amide bonds. The van der Waals surface area contributed by atoms with Gasteiger partial charge in [0.05, 0.1) is 0 Å². The Balaban J connectivity index is 2.14. The van der Waals surface area contributed by atoms with Gasteiger partial charge in [-0.3, -0.25) is 0 Å². The van der Waals surface area contributed by atoms with E-state index in [9.17, 15) is 4.79 Å². The molecule has 0 heterocycles. The number of allylic oxidation sites excluding steroid dienone is 2. The van der Waals surface area contributed by atoms with Gasteiger partial charge < -0.3 is 0 Å². The van der Waals surface area contributed by atoms with E-state index in [1.807, 2.05) is 6.08 Å². The summed E-state index contributed by atoms with van der Waals surface area (Å²) < 4.78 is 8.40. The topological polar surface area (TPSA) is 26.3 Å². The first-order chi connectivity index (χ1) is 13.0. The Hall–Kier alpha value is -1.03. The van der Waals surface area contributed by atoms with Crippen LogP contribution in [0.5, 0.6) is 0 Å². The molecule has 2 rings (SSSR count). The molecule has 2 nitrogen and oxygen atoms in total. The third kappa shape index (κ3) is 6.79. The van der Waals surface area contributed by atoms with Gasteiger partial charge in [-0.1, -0.05) is 6.07 Å². The number of carbonyl (C=O) groups excluding carboxylic acids is 1. The Bertz CT molecular complexity index is 710. The van der Waals surface area contributed by atoms with Gasteiger partial charge in [0, 0.05) is 0 Å². The van der Waals surface area contributed by atoms with E-state index in [2.05, 4.69) is 76.9 Å². The molecule has 0 aliphatic heterocycles. The quantitative estimate of drug-likeness (QED) is 0.193. The maximum absolute atomic E-state index is 12.6. The Morgan fingerprint density at radius 3 is 2.36 bits per heavy atom. The molecule has 1 aliphatic rings. The number of rotatable bonds is 6. The van der Waals surface area contributed by atoms with Crippen molar-refractivity contribution in [2.45, 2.75) is 73.3 Å². The van der Waals surface area contributed by atoms with Crippen LogP contribution in [0.1, 0.15) is 52.5 Å². The van der Waals surface area contributed by atoms with Gasteiger partial charge in [-0.2, -0.15) is 0 Å². The van der Waals surface area contributed by atoms with Crippen LogP contribution >= 0.6 is 0 Å². The summed E-state index contributed by atoms with van der Waals surface area (Å²) in [4.78, 5) is 19.7. The molecule has 0 radical (unpaired) electrons. The Labute approximate surface area is 176 Å². The molecule has 0 spiro atoms. The molecule has 1 saturated carbocycles. The van der Waals surface area contributed by atoms with Crippen LogP contribution in [0.15, 0.2) is 52.1 Å². The first-order valence-electron chi connectivity index (χ1n) is 10.6. The molecule has 0 unspecified atom stereocenters. The average molecular weight is 489 g/mol. The van der Waals surface area contributed by atoms with Crippen LogP contribution in [0.25, 0.3) is 0 Å². The minimum atomic E-state index is -1.99. The summed E-state index contributed by atoms with van der Waals surface area (Å²) in [6, 6.07) is 10.7. The number of hydrogen-bond donors (Lipinski definition) is 0. The molecule has 3 atom stereocenters. The standard InChI is InChI=1S/C22H29O2.3CH3.Sn/c1-16(2)11-14-21(23)24-20-15-17(3)12-13-19(20)22(4,5)18-9-7-6-8-10-18;;;;/h1,6-11,14,17,19-20H,12-13,15H2,2-5H3;3*1H3;/b14-11+,16-1?;;;;/t17-,19-,20-;;;;/m1..../s1. The van der Waals surface area contributed by atoms with E-state index in [0.29, 0.717) is 11.8 Å². The third-order valence-corrected chi connectivity index (χ3v) is 9.68. The fourth-order valence-corrected chi connectivity index (χ4v) is 8.66. The molecule has 28 heavy (non-hydrogen) atoms. The monoisotopic (exact) mass is 490 g/mol. The summed E-state index contributed by atoms with van der Waals surface area (Å²) in [5.41, 5.74) is 2.48. The Kier molecular flexibility index (Phi) is 8.01. The summed E-state index contributed by atoms with van der Waals surface area (Å²) in [5.74, 6) is 0.733. The molecule has 1 fully saturated rings. The number of benzene rings is 1.